The highest BCUT2D eigenvalue weighted by atomic mass is 19.4. The monoisotopic (exact) mass is 499 g/mol. The molecule has 1 saturated heterocycles. The lowest BCUT2D eigenvalue weighted by Gasteiger charge is -2.35. The fraction of sp³-hybridized carbons (Fsp3) is 0.280. The minimum atomic E-state index is -4.61. The SMILES string of the molecule is Cc1ccc(NC(=O)Oc2ccc(N3CCN(C(=O)c4ccccc4C(F)(F)F)CC3)nn2)cc1C. The molecule has 2 heterocycles. The lowest BCUT2D eigenvalue weighted by Crippen LogP contribution is -2.49. The number of carbonyl (C=O) groups is 2. The summed E-state index contributed by atoms with van der Waals surface area (Å²) in [6.07, 6.45) is -5.31. The summed E-state index contributed by atoms with van der Waals surface area (Å²) >= 11 is 0. The highest BCUT2D eigenvalue weighted by Gasteiger charge is 2.36. The molecule has 0 radical (unpaired) electrons. The average Bonchev–Trinajstić information content (AvgIpc) is 2.86. The van der Waals surface area contributed by atoms with Crippen LogP contribution in [0.1, 0.15) is 27.0 Å². The Morgan fingerprint density at radius 3 is 2.28 bits per heavy atom. The van der Waals surface area contributed by atoms with Crippen molar-refractivity contribution in [2.75, 3.05) is 36.4 Å². The molecule has 36 heavy (non-hydrogen) atoms. The smallest absolute Gasteiger partial charge is 0.389 e. The first kappa shape index (κ1) is 25.0. The summed E-state index contributed by atoms with van der Waals surface area (Å²) in [5.74, 6) is -0.149. The summed E-state index contributed by atoms with van der Waals surface area (Å²) in [6, 6.07) is 13.4. The predicted molar refractivity (Wildman–Crippen MR) is 127 cm³/mol. The molecule has 3 aromatic rings. The van der Waals surface area contributed by atoms with Gasteiger partial charge < -0.3 is 14.5 Å². The molecule has 4 rings (SSSR count). The number of hydrogen-bond acceptors (Lipinski definition) is 6. The molecule has 8 nitrogen and oxygen atoms in total. The van der Waals surface area contributed by atoms with Gasteiger partial charge in [-0.2, -0.15) is 13.2 Å². The van der Waals surface area contributed by atoms with Crippen LogP contribution in [-0.2, 0) is 6.18 Å². The first-order chi connectivity index (χ1) is 17.1. The number of halogens is 3. The van der Waals surface area contributed by atoms with E-state index in [1.165, 1.54) is 29.2 Å². The second kappa shape index (κ2) is 10.2. The second-order valence-electron chi connectivity index (χ2n) is 8.37. The van der Waals surface area contributed by atoms with Crippen LogP contribution in [0.2, 0.25) is 0 Å². The molecule has 0 bridgehead atoms. The number of anilines is 2. The largest absolute Gasteiger partial charge is 0.418 e. The molecule has 2 aromatic carbocycles. The van der Waals surface area contributed by atoms with Gasteiger partial charge >= 0.3 is 12.3 Å². The van der Waals surface area contributed by atoms with E-state index in [1.807, 2.05) is 30.9 Å². The fourth-order valence-electron chi connectivity index (χ4n) is 3.82. The number of aromatic nitrogens is 2. The van der Waals surface area contributed by atoms with Crippen LogP contribution in [0.3, 0.4) is 0 Å². The van der Waals surface area contributed by atoms with Crippen molar-refractivity contribution >= 4 is 23.5 Å². The number of amides is 2. The topological polar surface area (TPSA) is 87.7 Å². The van der Waals surface area contributed by atoms with Gasteiger partial charge in [0.25, 0.3) is 5.91 Å². The van der Waals surface area contributed by atoms with Gasteiger partial charge in [-0.05, 0) is 55.3 Å². The Hall–Kier alpha value is -4.15. The fourth-order valence-corrected chi connectivity index (χ4v) is 3.82. The molecule has 2 amide bonds. The molecule has 1 N–H and O–H groups in total. The van der Waals surface area contributed by atoms with Gasteiger partial charge in [0.2, 0.25) is 5.88 Å². The average molecular weight is 499 g/mol. The van der Waals surface area contributed by atoms with Crippen LogP contribution in [0.4, 0.5) is 29.5 Å². The summed E-state index contributed by atoms with van der Waals surface area (Å²) in [4.78, 5) is 28.1. The number of ether oxygens (including phenoxy) is 1. The van der Waals surface area contributed by atoms with Crippen molar-refractivity contribution in [1.82, 2.24) is 15.1 Å². The molecule has 11 heteroatoms. The molecule has 1 aliphatic rings. The normalized spacial score (nSPS) is 13.9. The van der Waals surface area contributed by atoms with Crippen molar-refractivity contribution in [2.45, 2.75) is 20.0 Å². The van der Waals surface area contributed by atoms with E-state index in [9.17, 15) is 22.8 Å². The Morgan fingerprint density at radius 2 is 1.64 bits per heavy atom. The molecular weight excluding hydrogens is 475 g/mol. The number of piperazine rings is 1. The van der Waals surface area contributed by atoms with Crippen molar-refractivity contribution in [2.24, 2.45) is 0 Å². The van der Waals surface area contributed by atoms with Gasteiger partial charge in [0.1, 0.15) is 0 Å². The van der Waals surface area contributed by atoms with Gasteiger partial charge in [-0.15, -0.1) is 10.2 Å². The van der Waals surface area contributed by atoms with Crippen LogP contribution in [0.25, 0.3) is 0 Å². The van der Waals surface area contributed by atoms with E-state index in [0.717, 1.165) is 17.2 Å². The summed E-state index contributed by atoms with van der Waals surface area (Å²) < 4.78 is 45.0. The molecule has 0 atom stereocenters. The second-order valence-corrected chi connectivity index (χ2v) is 8.37. The molecule has 1 aromatic heterocycles. The third kappa shape index (κ3) is 5.73. The van der Waals surface area contributed by atoms with Gasteiger partial charge in [-0.25, -0.2) is 4.79 Å². The minimum Gasteiger partial charge on any atom is -0.389 e. The molecule has 1 aliphatic heterocycles. The van der Waals surface area contributed by atoms with Crippen molar-refractivity contribution < 1.29 is 27.5 Å². The number of aryl methyl sites for hydroxylation is 2. The van der Waals surface area contributed by atoms with E-state index in [0.29, 0.717) is 24.6 Å². The number of hydrogen-bond donors (Lipinski definition) is 1. The Labute approximate surface area is 205 Å². The zero-order valence-electron chi connectivity index (χ0n) is 19.7. The zero-order chi connectivity index (χ0) is 25.9. The van der Waals surface area contributed by atoms with Gasteiger partial charge in [-0.1, -0.05) is 18.2 Å². The van der Waals surface area contributed by atoms with Crippen LogP contribution in [0.5, 0.6) is 5.88 Å². The maximum absolute atomic E-state index is 13.3. The van der Waals surface area contributed by atoms with Crippen LogP contribution in [0.15, 0.2) is 54.6 Å². The third-order valence-corrected chi connectivity index (χ3v) is 5.93. The van der Waals surface area contributed by atoms with E-state index in [4.69, 9.17) is 4.74 Å². The number of benzene rings is 2. The molecule has 1 fully saturated rings. The molecule has 0 saturated carbocycles. The van der Waals surface area contributed by atoms with Crippen LogP contribution in [0, 0.1) is 13.8 Å². The molecule has 188 valence electrons. The molecule has 0 spiro atoms. The van der Waals surface area contributed by atoms with Gasteiger partial charge in [0.05, 0.1) is 11.1 Å². The zero-order valence-corrected chi connectivity index (χ0v) is 19.7. The summed E-state index contributed by atoms with van der Waals surface area (Å²) in [7, 11) is 0. The van der Waals surface area contributed by atoms with Gasteiger partial charge in [0.15, 0.2) is 5.82 Å². The lowest BCUT2D eigenvalue weighted by atomic mass is 10.1. The number of carbonyl (C=O) groups excluding carboxylic acids is 2. The maximum Gasteiger partial charge on any atom is 0.418 e. The Balaban J connectivity index is 1.33. The standard InChI is InChI=1S/C25H24F3N5O3/c1-16-7-8-18(15-17(16)2)29-24(35)36-22-10-9-21(30-31-22)32-11-13-33(14-12-32)23(34)19-5-3-4-6-20(19)25(26,27)28/h3-10,15H,11-14H2,1-2H3,(H,29,35). The Kier molecular flexibility index (Phi) is 7.09. The van der Waals surface area contributed by atoms with Gasteiger partial charge in [0, 0.05) is 37.9 Å². The molecule has 0 aliphatic carbocycles. The number of nitrogens with one attached hydrogen (secondary N) is 1. The van der Waals surface area contributed by atoms with E-state index in [2.05, 4.69) is 15.5 Å². The third-order valence-electron chi connectivity index (χ3n) is 5.93. The van der Waals surface area contributed by atoms with Crippen molar-refractivity contribution in [1.29, 1.82) is 0 Å². The number of rotatable bonds is 4. The van der Waals surface area contributed by atoms with Crippen molar-refractivity contribution in [3.05, 3.63) is 76.9 Å². The summed E-state index contributed by atoms with van der Waals surface area (Å²) in [5, 5.41) is 10.6. The van der Waals surface area contributed by atoms with Crippen LogP contribution in [-0.4, -0.2) is 53.3 Å². The minimum absolute atomic E-state index is 0.0117. The highest BCUT2D eigenvalue weighted by Crippen LogP contribution is 2.32. The number of nitrogens with zero attached hydrogens (tertiary/aromatic N) is 4. The molecule has 0 unspecified atom stereocenters. The van der Waals surface area contributed by atoms with Crippen LogP contribution < -0.4 is 15.0 Å². The quantitative estimate of drug-likeness (QED) is 0.561. The summed E-state index contributed by atoms with van der Waals surface area (Å²) in [5.41, 5.74) is 1.42. The highest BCUT2D eigenvalue weighted by molar-refractivity contribution is 5.96. The van der Waals surface area contributed by atoms with E-state index in [-0.39, 0.29) is 24.5 Å². The maximum atomic E-state index is 13.3. The molecular formula is C25H24F3N5O3. The van der Waals surface area contributed by atoms with Gasteiger partial charge in [-0.3, -0.25) is 10.1 Å². The first-order valence-corrected chi connectivity index (χ1v) is 11.2. The van der Waals surface area contributed by atoms with E-state index in [1.54, 1.807) is 12.1 Å². The Morgan fingerprint density at radius 1 is 0.917 bits per heavy atom. The van der Waals surface area contributed by atoms with E-state index >= 15 is 0 Å². The summed E-state index contributed by atoms with van der Waals surface area (Å²) in [6.45, 7) is 5.09. The van der Waals surface area contributed by atoms with E-state index < -0.39 is 23.7 Å². The number of alkyl halides is 3. The predicted octanol–water partition coefficient (Wildman–Crippen LogP) is 4.69. The Bertz CT molecular complexity index is 1260. The lowest BCUT2D eigenvalue weighted by molar-refractivity contribution is -0.138. The first-order valence-electron chi connectivity index (χ1n) is 11.2. The van der Waals surface area contributed by atoms with Crippen molar-refractivity contribution in [3.8, 4) is 5.88 Å². The van der Waals surface area contributed by atoms with Crippen molar-refractivity contribution in [3.63, 3.8) is 0 Å². The van der Waals surface area contributed by atoms with Crippen LogP contribution >= 0.6 is 0 Å².